The van der Waals surface area contributed by atoms with E-state index in [9.17, 15) is 0 Å². The Hall–Kier alpha value is -1.32. The molecule has 1 saturated heterocycles. The van der Waals surface area contributed by atoms with Crippen LogP contribution in [0.25, 0.3) is 10.9 Å². The molecule has 2 aliphatic rings. The van der Waals surface area contributed by atoms with E-state index >= 15 is 0 Å². The maximum absolute atomic E-state index is 5.82. The predicted molar refractivity (Wildman–Crippen MR) is 78.1 cm³/mol. The average molecular weight is 255 g/mol. The molecule has 0 bridgehead atoms. The summed E-state index contributed by atoms with van der Waals surface area (Å²) in [6.45, 7) is 4.05. The predicted octanol–water partition coefficient (Wildman–Crippen LogP) is 2.12. The molecule has 3 nitrogen and oxygen atoms in total. The molecule has 2 aromatic rings. The molecule has 1 aromatic carbocycles. The molecule has 3 heterocycles. The molecule has 0 aliphatic carbocycles. The van der Waals surface area contributed by atoms with Gasteiger partial charge < -0.3 is 10.3 Å². The van der Waals surface area contributed by atoms with E-state index in [4.69, 9.17) is 5.73 Å². The lowest BCUT2D eigenvalue weighted by atomic mass is 9.97. The first-order valence-electron chi connectivity index (χ1n) is 7.41. The molecule has 4 rings (SSSR count). The second-order valence-electron chi connectivity index (χ2n) is 5.85. The van der Waals surface area contributed by atoms with Crippen LogP contribution in [0.2, 0.25) is 0 Å². The Morgan fingerprint density at radius 3 is 3.05 bits per heavy atom. The Bertz CT molecular complexity index is 614. The lowest BCUT2D eigenvalue weighted by molar-refractivity contribution is 0.221. The number of hydrogen-bond acceptors (Lipinski definition) is 2. The smallest absolute Gasteiger partial charge is 0.0486 e. The van der Waals surface area contributed by atoms with Crippen LogP contribution in [-0.2, 0) is 19.5 Å². The van der Waals surface area contributed by atoms with Crippen molar-refractivity contribution in [3.8, 4) is 0 Å². The Balaban J connectivity index is 1.90. The molecule has 19 heavy (non-hydrogen) atoms. The minimum Gasteiger partial charge on any atom is -0.342 e. The van der Waals surface area contributed by atoms with Gasteiger partial charge in [-0.1, -0.05) is 18.2 Å². The summed E-state index contributed by atoms with van der Waals surface area (Å²) < 4.78 is 2.46. The van der Waals surface area contributed by atoms with E-state index in [0.29, 0.717) is 6.54 Å². The van der Waals surface area contributed by atoms with Crippen LogP contribution in [-0.4, -0.2) is 28.6 Å². The van der Waals surface area contributed by atoms with Gasteiger partial charge in [0.2, 0.25) is 0 Å². The number of nitrogens with two attached hydrogens (primary N) is 1. The Kier molecular flexibility index (Phi) is 2.64. The van der Waals surface area contributed by atoms with Crippen molar-refractivity contribution in [1.29, 1.82) is 0 Å². The van der Waals surface area contributed by atoms with Gasteiger partial charge in [-0.15, -0.1) is 0 Å². The molecule has 1 unspecified atom stereocenters. The van der Waals surface area contributed by atoms with Crippen molar-refractivity contribution in [2.45, 2.75) is 38.4 Å². The lowest BCUT2D eigenvalue weighted by Crippen LogP contribution is -2.36. The first-order valence-corrected chi connectivity index (χ1v) is 7.41. The fourth-order valence-corrected chi connectivity index (χ4v) is 3.98. The topological polar surface area (TPSA) is 34.2 Å². The van der Waals surface area contributed by atoms with Gasteiger partial charge in [0.1, 0.15) is 0 Å². The van der Waals surface area contributed by atoms with Crippen LogP contribution in [0.1, 0.15) is 24.1 Å². The molecular formula is C16H21N3. The van der Waals surface area contributed by atoms with Crippen LogP contribution in [0.3, 0.4) is 0 Å². The Morgan fingerprint density at radius 2 is 2.16 bits per heavy atom. The van der Waals surface area contributed by atoms with Crippen molar-refractivity contribution < 1.29 is 0 Å². The van der Waals surface area contributed by atoms with Crippen molar-refractivity contribution in [2.75, 3.05) is 13.1 Å². The summed E-state index contributed by atoms with van der Waals surface area (Å²) in [5.41, 5.74) is 10.3. The van der Waals surface area contributed by atoms with Crippen molar-refractivity contribution in [3.05, 3.63) is 35.5 Å². The van der Waals surface area contributed by atoms with Crippen LogP contribution >= 0.6 is 0 Å². The Morgan fingerprint density at radius 1 is 1.26 bits per heavy atom. The Labute approximate surface area is 114 Å². The molecule has 0 saturated carbocycles. The fraction of sp³-hybridized carbons (Fsp3) is 0.500. The molecule has 1 fully saturated rings. The van der Waals surface area contributed by atoms with Gasteiger partial charge in [0.15, 0.2) is 0 Å². The summed E-state index contributed by atoms with van der Waals surface area (Å²) in [5.74, 6) is 0. The standard InChI is InChI=1S/C16H21N3/c17-7-9-19-15-6-2-1-5-13(15)14-10-12-4-3-8-18(12)11-16(14)19/h1-2,5-6,12H,3-4,7-11,17H2. The highest BCUT2D eigenvalue weighted by Crippen LogP contribution is 2.36. The number of fused-ring (bicyclic) bond motifs is 4. The number of para-hydroxylation sites is 1. The van der Waals surface area contributed by atoms with Crippen LogP contribution in [0.15, 0.2) is 24.3 Å². The molecule has 0 amide bonds. The van der Waals surface area contributed by atoms with Crippen molar-refractivity contribution in [1.82, 2.24) is 9.47 Å². The maximum Gasteiger partial charge on any atom is 0.0486 e. The van der Waals surface area contributed by atoms with Gasteiger partial charge in [-0.3, -0.25) is 4.90 Å². The molecule has 0 spiro atoms. The van der Waals surface area contributed by atoms with Crippen molar-refractivity contribution in [3.63, 3.8) is 0 Å². The highest BCUT2D eigenvalue weighted by atomic mass is 15.2. The third-order valence-electron chi connectivity index (χ3n) is 4.84. The number of rotatable bonds is 2. The monoisotopic (exact) mass is 255 g/mol. The van der Waals surface area contributed by atoms with Gasteiger partial charge in [-0.05, 0) is 37.4 Å². The van der Waals surface area contributed by atoms with Gasteiger partial charge in [0.05, 0.1) is 0 Å². The number of benzene rings is 1. The fourth-order valence-electron chi connectivity index (χ4n) is 3.98. The van der Waals surface area contributed by atoms with E-state index in [1.165, 1.54) is 42.4 Å². The quantitative estimate of drug-likeness (QED) is 0.892. The van der Waals surface area contributed by atoms with E-state index < -0.39 is 0 Å². The van der Waals surface area contributed by atoms with Gasteiger partial charge in [-0.2, -0.15) is 0 Å². The second-order valence-corrected chi connectivity index (χ2v) is 5.85. The first kappa shape index (κ1) is 11.5. The van der Waals surface area contributed by atoms with E-state index in [-0.39, 0.29) is 0 Å². The molecule has 2 N–H and O–H groups in total. The molecular weight excluding hydrogens is 234 g/mol. The summed E-state index contributed by atoms with van der Waals surface area (Å²) in [7, 11) is 0. The normalized spacial score (nSPS) is 22.7. The molecule has 1 aromatic heterocycles. The van der Waals surface area contributed by atoms with Gasteiger partial charge in [0, 0.05) is 42.3 Å². The first-order chi connectivity index (χ1) is 9.38. The zero-order valence-corrected chi connectivity index (χ0v) is 11.3. The second kappa shape index (κ2) is 4.36. The summed E-state index contributed by atoms with van der Waals surface area (Å²) in [5, 5.41) is 1.46. The summed E-state index contributed by atoms with van der Waals surface area (Å²) in [4.78, 5) is 2.66. The largest absolute Gasteiger partial charge is 0.342 e. The average Bonchev–Trinajstić information content (AvgIpc) is 3.01. The van der Waals surface area contributed by atoms with Gasteiger partial charge in [0.25, 0.3) is 0 Å². The maximum atomic E-state index is 5.82. The number of aromatic nitrogens is 1. The van der Waals surface area contributed by atoms with Crippen LogP contribution < -0.4 is 5.73 Å². The van der Waals surface area contributed by atoms with Gasteiger partial charge >= 0.3 is 0 Å². The molecule has 3 heteroatoms. The molecule has 1 atom stereocenters. The van der Waals surface area contributed by atoms with E-state index in [1.807, 2.05) is 0 Å². The SMILES string of the molecule is NCCn1c2c(c3ccccc31)CC1CCCN1C2. The molecule has 100 valence electrons. The van der Waals surface area contributed by atoms with E-state index in [2.05, 4.69) is 33.7 Å². The zero-order chi connectivity index (χ0) is 12.8. The van der Waals surface area contributed by atoms with Crippen LogP contribution in [0, 0.1) is 0 Å². The minimum absolute atomic E-state index is 0.717. The number of hydrogen-bond donors (Lipinski definition) is 1. The number of nitrogens with zero attached hydrogens (tertiary/aromatic N) is 2. The lowest BCUT2D eigenvalue weighted by Gasteiger charge is -2.30. The summed E-state index contributed by atoms with van der Waals surface area (Å²) in [6, 6.07) is 9.61. The zero-order valence-electron chi connectivity index (χ0n) is 11.3. The van der Waals surface area contributed by atoms with Crippen LogP contribution in [0.4, 0.5) is 0 Å². The third-order valence-corrected chi connectivity index (χ3v) is 4.84. The highest BCUT2D eigenvalue weighted by molar-refractivity contribution is 5.86. The van der Waals surface area contributed by atoms with Crippen molar-refractivity contribution in [2.24, 2.45) is 5.73 Å². The summed E-state index contributed by atoms with van der Waals surface area (Å²) >= 11 is 0. The molecule has 0 radical (unpaired) electrons. The van der Waals surface area contributed by atoms with E-state index in [0.717, 1.165) is 19.1 Å². The minimum atomic E-state index is 0.717. The summed E-state index contributed by atoms with van der Waals surface area (Å²) in [6.07, 6.45) is 3.97. The van der Waals surface area contributed by atoms with Crippen molar-refractivity contribution >= 4 is 10.9 Å². The van der Waals surface area contributed by atoms with Crippen LogP contribution in [0.5, 0.6) is 0 Å². The third kappa shape index (κ3) is 1.65. The highest BCUT2D eigenvalue weighted by Gasteiger charge is 2.33. The van der Waals surface area contributed by atoms with Gasteiger partial charge in [-0.25, -0.2) is 0 Å². The molecule has 2 aliphatic heterocycles. The van der Waals surface area contributed by atoms with E-state index in [1.54, 1.807) is 5.56 Å².